The van der Waals surface area contributed by atoms with Gasteiger partial charge in [-0.2, -0.15) is 11.1 Å². The van der Waals surface area contributed by atoms with Crippen LogP contribution in [-0.4, -0.2) is 17.5 Å². The molecular weight excluding hydrogens is 368 g/mol. The van der Waals surface area contributed by atoms with Gasteiger partial charge in [0, 0.05) is 0 Å². The van der Waals surface area contributed by atoms with Crippen molar-refractivity contribution in [3.8, 4) is 0 Å². The Morgan fingerprint density at radius 3 is 0.923 bits per heavy atom. The summed E-state index contributed by atoms with van der Waals surface area (Å²) in [6.07, 6.45) is -2.89. The van der Waals surface area contributed by atoms with Gasteiger partial charge in [0.25, 0.3) is 0 Å². The fraction of sp³-hybridized carbons (Fsp3) is 1.00. The van der Waals surface area contributed by atoms with E-state index >= 15 is 0 Å². The molecule has 0 radical (unpaired) electrons. The third-order valence-corrected chi connectivity index (χ3v) is 56.3. The van der Waals surface area contributed by atoms with Crippen LogP contribution in [-0.2, 0) is 0 Å². The Balaban J connectivity index is 5.22. The van der Waals surface area contributed by atoms with Gasteiger partial charge >= 0.3 is 11.0 Å². The van der Waals surface area contributed by atoms with Crippen molar-refractivity contribution in [2.24, 2.45) is 0 Å². The first-order valence-corrected chi connectivity index (χ1v) is 18.4. The summed E-state index contributed by atoms with van der Waals surface area (Å²) in [6.45, 7) is 3.67. The lowest BCUT2D eigenvalue weighted by molar-refractivity contribution is 1.06. The number of halogens is 7. The van der Waals surface area contributed by atoms with Crippen molar-refractivity contribution >= 4 is 95.0 Å². The van der Waals surface area contributed by atoms with Gasteiger partial charge < -0.3 is 0 Å². The van der Waals surface area contributed by atoms with Gasteiger partial charge in [0.2, 0.25) is 6.42 Å². The Bertz CT molecular complexity index is 166. The molecule has 0 aliphatic carbocycles. The summed E-state index contributed by atoms with van der Waals surface area (Å²) in [5, 5.41) is 0. The summed E-state index contributed by atoms with van der Waals surface area (Å²) in [7, 11) is 0. The molecule has 13 heavy (non-hydrogen) atoms. The van der Waals surface area contributed by atoms with E-state index in [1.165, 1.54) is 0 Å². The van der Waals surface area contributed by atoms with Gasteiger partial charge in [0.1, 0.15) is 0 Å². The van der Waals surface area contributed by atoms with Gasteiger partial charge in [-0.05, 0) is 5.54 Å². The van der Waals surface area contributed by atoms with E-state index in [1.807, 2.05) is 13.8 Å². The predicted octanol–water partition coefficient (Wildman–Crippen LogP) is 5.05. The molecule has 0 saturated carbocycles. The molecule has 0 heterocycles. The summed E-state index contributed by atoms with van der Waals surface area (Å²) in [6, 6.07) is 0. The largest absolute Gasteiger partial charge is 0.343 e. The maximum Gasteiger partial charge on any atom is 0.343 e. The molecule has 0 bridgehead atoms. The lowest BCUT2D eigenvalue weighted by Crippen LogP contribution is -2.63. The average molecular weight is 376 g/mol. The second-order valence-corrected chi connectivity index (χ2v) is 41.2. The summed E-state index contributed by atoms with van der Waals surface area (Å²) >= 11 is 41.7. The van der Waals surface area contributed by atoms with Crippen LogP contribution < -0.4 is 0 Å². The molecule has 0 amide bonds. The Kier molecular flexibility index (Phi) is 5.91. The van der Waals surface area contributed by atoms with Crippen LogP contribution >= 0.6 is 77.6 Å². The second-order valence-electron chi connectivity index (χ2n) is 2.86. The molecule has 0 aliphatic rings. The molecule has 0 rings (SSSR count). The Labute approximate surface area is 113 Å². The molecule has 0 N–H and O–H groups in total. The summed E-state index contributed by atoms with van der Waals surface area (Å²) in [4.78, 5) is 0. The Hall–Kier alpha value is 2.68. The quantitative estimate of drug-likeness (QED) is 0.478. The van der Waals surface area contributed by atoms with E-state index < -0.39 is 17.5 Å². The number of hydrogen-bond donors (Lipinski definition) is 0. The van der Waals surface area contributed by atoms with Crippen LogP contribution in [0.5, 0.6) is 0 Å². The van der Waals surface area contributed by atoms with Gasteiger partial charge in [-0.25, -0.2) is 0 Å². The maximum absolute atomic E-state index is 6.30. The lowest BCUT2D eigenvalue weighted by atomic mass is 10.6. The second kappa shape index (κ2) is 4.90. The van der Waals surface area contributed by atoms with Crippen LogP contribution in [0.4, 0.5) is 0 Å². The Morgan fingerprint density at radius 1 is 0.692 bits per heavy atom. The van der Waals surface area contributed by atoms with E-state index in [0.29, 0.717) is 0 Å². The van der Waals surface area contributed by atoms with Gasteiger partial charge in [-0.1, -0.05) is 13.8 Å². The predicted molar refractivity (Wildman–Crippen MR) is 73.3 cm³/mol. The molecule has 10 heteroatoms. The topological polar surface area (TPSA) is 0 Å². The molecule has 80 valence electrons. The van der Waals surface area contributed by atoms with Crippen LogP contribution in [0.2, 0.25) is 5.54 Å². The van der Waals surface area contributed by atoms with Gasteiger partial charge in [-0.15, -0.1) is 66.5 Å². The molecule has 0 atom stereocenters. The van der Waals surface area contributed by atoms with E-state index in [-0.39, 0.29) is 5.54 Å². The zero-order valence-electron chi connectivity index (χ0n) is 6.72. The van der Waals surface area contributed by atoms with Crippen LogP contribution in [0.1, 0.15) is 13.8 Å². The maximum atomic E-state index is 6.30. The first kappa shape index (κ1) is 15.7. The molecule has 0 spiro atoms. The van der Waals surface area contributed by atoms with Crippen molar-refractivity contribution in [3.05, 3.63) is 0 Å². The zero-order valence-corrected chi connectivity index (χ0v) is 15.0. The third kappa shape index (κ3) is 3.32. The molecule has 0 saturated heterocycles. The fourth-order valence-electron chi connectivity index (χ4n) is 0.815. The first-order valence-electron chi connectivity index (χ1n) is 3.27. The van der Waals surface area contributed by atoms with Crippen LogP contribution in [0.3, 0.4) is 0 Å². The summed E-state index contributed by atoms with van der Waals surface area (Å²) in [5.74, 6) is 0. The van der Waals surface area contributed by atoms with Crippen LogP contribution in [0, 0.1) is 0 Å². The van der Waals surface area contributed by atoms with E-state index in [9.17, 15) is 0 Å². The molecule has 0 fully saturated rings. The van der Waals surface area contributed by atoms with E-state index in [2.05, 4.69) is 0 Å². The van der Waals surface area contributed by atoms with Crippen molar-refractivity contribution in [2.45, 2.75) is 19.4 Å². The van der Waals surface area contributed by atoms with Crippen molar-refractivity contribution in [3.63, 3.8) is 0 Å². The standard InChI is InChI=1S/C3H7Cl7Si3/c1-3(2)11(4,12(5,6)7)13(8,9)10/h3H,1-2H3. The molecule has 0 aromatic heterocycles. The van der Waals surface area contributed by atoms with Crippen LogP contribution in [0.15, 0.2) is 0 Å². The normalized spacial score (nSPS) is 15.2. The number of rotatable bonds is 3. The van der Waals surface area contributed by atoms with Gasteiger partial charge in [0.05, 0.1) is 0 Å². The van der Waals surface area contributed by atoms with Gasteiger partial charge in [0.15, 0.2) is 0 Å². The third-order valence-electron chi connectivity index (χ3n) is 1.62. The average Bonchev–Trinajstić information content (AvgIpc) is 1.80. The summed E-state index contributed by atoms with van der Waals surface area (Å²) < 4.78 is 0. The molecule has 0 nitrogen and oxygen atoms in total. The minimum Gasteiger partial charge on any atom is -0.164 e. The number of hydrogen-bond acceptors (Lipinski definition) is 0. The SMILES string of the molecule is CC(C)[Si](Cl)([Si](Cl)(Cl)Cl)[Si](Cl)(Cl)Cl. The van der Waals surface area contributed by atoms with E-state index in [4.69, 9.17) is 77.6 Å². The minimum absolute atomic E-state index is 0.0486. The molecule has 0 aromatic rings. The highest BCUT2D eigenvalue weighted by Gasteiger charge is 2.69. The molecule has 0 unspecified atom stereocenters. The molecule has 0 aromatic carbocycles. The van der Waals surface area contributed by atoms with Crippen molar-refractivity contribution in [1.82, 2.24) is 0 Å². The highest BCUT2D eigenvalue weighted by Crippen LogP contribution is 2.51. The first-order chi connectivity index (χ1) is 5.44. The molecular formula is C3H7Cl7Si3. The lowest BCUT2D eigenvalue weighted by Gasteiger charge is -2.36. The van der Waals surface area contributed by atoms with E-state index in [1.54, 1.807) is 0 Å². The highest BCUT2D eigenvalue weighted by molar-refractivity contribution is 8.17. The van der Waals surface area contributed by atoms with Crippen molar-refractivity contribution in [2.75, 3.05) is 0 Å². The minimum atomic E-state index is -3.12. The van der Waals surface area contributed by atoms with Gasteiger partial charge in [-0.3, -0.25) is 0 Å². The van der Waals surface area contributed by atoms with Crippen molar-refractivity contribution < 1.29 is 0 Å². The van der Waals surface area contributed by atoms with Crippen molar-refractivity contribution in [1.29, 1.82) is 0 Å². The Morgan fingerprint density at radius 2 is 0.923 bits per heavy atom. The molecule has 0 aliphatic heterocycles. The fourth-order valence-corrected chi connectivity index (χ4v) is 56.7. The summed E-state index contributed by atoms with van der Waals surface area (Å²) in [5.41, 5.74) is -6.29. The van der Waals surface area contributed by atoms with Crippen LogP contribution in [0.25, 0.3) is 0 Å². The zero-order chi connectivity index (χ0) is 11.1. The van der Waals surface area contributed by atoms with E-state index in [0.717, 1.165) is 0 Å². The highest BCUT2D eigenvalue weighted by atomic mass is 35.9. The smallest absolute Gasteiger partial charge is 0.164 e. The monoisotopic (exact) mass is 372 g/mol.